The molecule has 1 aliphatic heterocycles. The minimum absolute atomic E-state index is 0.291. The zero-order valence-corrected chi connectivity index (χ0v) is 10.3. The molecule has 2 N–H and O–H groups in total. The Bertz CT molecular complexity index is 421. The molecule has 0 aromatic heterocycles. The highest BCUT2D eigenvalue weighted by molar-refractivity contribution is 5.67. The number of benzene rings is 1. The maximum atomic E-state index is 11.7. The van der Waals surface area contributed by atoms with E-state index in [4.69, 9.17) is 4.74 Å². The van der Waals surface area contributed by atoms with Crippen molar-refractivity contribution in [3.05, 3.63) is 35.9 Å². The van der Waals surface area contributed by atoms with E-state index in [0.29, 0.717) is 24.6 Å². The van der Waals surface area contributed by atoms with E-state index in [1.807, 2.05) is 30.3 Å². The van der Waals surface area contributed by atoms with Gasteiger partial charge in [0.25, 0.3) is 0 Å². The quantitative estimate of drug-likeness (QED) is 0.853. The highest BCUT2D eigenvalue weighted by atomic mass is 16.5. The van der Waals surface area contributed by atoms with Crippen molar-refractivity contribution < 1.29 is 9.53 Å². The molecule has 0 radical (unpaired) electrons. The maximum Gasteiger partial charge on any atom is 0.407 e. The normalized spacial score (nSPS) is 29.2. The van der Waals surface area contributed by atoms with Crippen LogP contribution in [0, 0.1) is 5.92 Å². The van der Waals surface area contributed by atoms with Crippen LogP contribution in [-0.4, -0.2) is 24.7 Å². The average Bonchev–Trinajstić information content (AvgIpc) is 3.00. The standard InChI is InChI=1S/C14H18N2O2/c17-14(18-9-10-4-2-1-3-5-10)16-13-7-12-6-11(13)8-15-12/h1-5,11-13,15H,6-9H2,(H,16,17). The Morgan fingerprint density at radius 1 is 1.33 bits per heavy atom. The molecule has 2 bridgehead atoms. The molecule has 3 atom stereocenters. The Hall–Kier alpha value is -1.55. The van der Waals surface area contributed by atoms with Gasteiger partial charge in [-0.1, -0.05) is 30.3 Å². The Morgan fingerprint density at radius 3 is 2.83 bits per heavy atom. The molecule has 0 spiro atoms. The molecule has 2 fully saturated rings. The topological polar surface area (TPSA) is 50.4 Å². The van der Waals surface area contributed by atoms with Gasteiger partial charge in [0, 0.05) is 18.6 Å². The van der Waals surface area contributed by atoms with Gasteiger partial charge in [0.2, 0.25) is 0 Å². The van der Waals surface area contributed by atoms with Crippen molar-refractivity contribution in [2.45, 2.75) is 31.5 Å². The molecule has 18 heavy (non-hydrogen) atoms. The summed E-state index contributed by atoms with van der Waals surface area (Å²) in [6.07, 6.45) is 1.92. The van der Waals surface area contributed by atoms with Crippen LogP contribution in [0.15, 0.2) is 30.3 Å². The van der Waals surface area contributed by atoms with Crippen molar-refractivity contribution in [2.75, 3.05) is 6.54 Å². The molecule has 1 aromatic carbocycles. The Kier molecular flexibility index (Phi) is 3.19. The zero-order valence-electron chi connectivity index (χ0n) is 10.3. The van der Waals surface area contributed by atoms with Crippen LogP contribution in [0.5, 0.6) is 0 Å². The fourth-order valence-electron chi connectivity index (χ4n) is 2.93. The molecule has 2 aliphatic rings. The summed E-state index contributed by atoms with van der Waals surface area (Å²) in [5.41, 5.74) is 1.02. The first-order valence-corrected chi connectivity index (χ1v) is 6.52. The molecule has 3 unspecified atom stereocenters. The third kappa shape index (κ3) is 2.48. The predicted octanol–water partition coefficient (Wildman–Crippen LogP) is 1.66. The number of alkyl carbamates (subject to hydrolysis) is 1. The average molecular weight is 246 g/mol. The maximum absolute atomic E-state index is 11.7. The van der Waals surface area contributed by atoms with E-state index in [-0.39, 0.29) is 6.09 Å². The first kappa shape index (κ1) is 11.5. The summed E-state index contributed by atoms with van der Waals surface area (Å²) in [5.74, 6) is 0.583. The zero-order chi connectivity index (χ0) is 12.4. The Morgan fingerprint density at radius 2 is 2.17 bits per heavy atom. The summed E-state index contributed by atoms with van der Waals surface area (Å²) >= 11 is 0. The molecular weight excluding hydrogens is 228 g/mol. The molecule has 1 saturated carbocycles. The van der Waals surface area contributed by atoms with E-state index in [1.165, 1.54) is 6.42 Å². The van der Waals surface area contributed by atoms with E-state index in [1.54, 1.807) is 0 Å². The van der Waals surface area contributed by atoms with Gasteiger partial charge in [0.15, 0.2) is 0 Å². The molecule has 4 nitrogen and oxygen atoms in total. The molecular formula is C14H18N2O2. The molecule has 1 aromatic rings. The third-order valence-electron chi connectivity index (χ3n) is 3.88. The number of hydrogen-bond acceptors (Lipinski definition) is 3. The second-order valence-corrected chi connectivity index (χ2v) is 5.15. The lowest BCUT2D eigenvalue weighted by Crippen LogP contribution is -2.44. The largest absolute Gasteiger partial charge is 0.445 e. The monoisotopic (exact) mass is 246 g/mol. The summed E-state index contributed by atoms with van der Waals surface area (Å²) in [6.45, 7) is 1.36. The molecule has 3 rings (SSSR count). The van der Waals surface area contributed by atoms with Crippen molar-refractivity contribution in [3.63, 3.8) is 0 Å². The number of piperidine rings is 1. The van der Waals surface area contributed by atoms with E-state index in [0.717, 1.165) is 18.5 Å². The number of rotatable bonds is 3. The van der Waals surface area contributed by atoms with Gasteiger partial charge in [0.1, 0.15) is 6.61 Å². The molecule has 1 saturated heterocycles. The number of carbonyl (C=O) groups excluding carboxylic acids is 1. The Balaban J connectivity index is 1.45. The fraction of sp³-hybridized carbons (Fsp3) is 0.500. The number of ether oxygens (including phenoxy) is 1. The summed E-state index contributed by atoms with van der Waals surface area (Å²) in [4.78, 5) is 11.7. The predicted molar refractivity (Wildman–Crippen MR) is 68.1 cm³/mol. The SMILES string of the molecule is O=C(NC1CC2CC1CN2)OCc1ccccc1. The van der Waals surface area contributed by atoms with Gasteiger partial charge in [-0.05, 0) is 24.3 Å². The van der Waals surface area contributed by atoms with Gasteiger partial charge in [-0.2, -0.15) is 0 Å². The number of nitrogens with one attached hydrogen (secondary N) is 2. The van der Waals surface area contributed by atoms with Gasteiger partial charge in [-0.25, -0.2) is 4.79 Å². The van der Waals surface area contributed by atoms with Crippen LogP contribution in [0.25, 0.3) is 0 Å². The minimum atomic E-state index is -0.295. The lowest BCUT2D eigenvalue weighted by atomic mass is 10.0. The van der Waals surface area contributed by atoms with Crippen molar-refractivity contribution in [3.8, 4) is 0 Å². The summed E-state index contributed by atoms with van der Waals surface area (Å²) in [5, 5.41) is 6.40. The van der Waals surface area contributed by atoms with Crippen LogP contribution in [0.4, 0.5) is 4.79 Å². The number of hydrogen-bond donors (Lipinski definition) is 2. The lowest BCUT2D eigenvalue weighted by Gasteiger charge is -2.23. The van der Waals surface area contributed by atoms with Crippen LogP contribution in [0.1, 0.15) is 18.4 Å². The van der Waals surface area contributed by atoms with E-state index in [9.17, 15) is 4.79 Å². The van der Waals surface area contributed by atoms with Crippen molar-refractivity contribution in [2.24, 2.45) is 5.92 Å². The Labute approximate surface area is 107 Å². The van der Waals surface area contributed by atoms with Gasteiger partial charge in [-0.15, -0.1) is 0 Å². The van der Waals surface area contributed by atoms with E-state index in [2.05, 4.69) is 10.6 Å². The number of amides is 1. The summed E-state index contributed by atoms with van der Waals surface area (Å²) < 4.78 is 5.23. The molecule has 1 heterocycles. The number of carbonyl (C=O) groups is 1. The fourth-order valence-corrected chi connectivity index (χ4v) is 2.93. The van der Waals surface area contributed by atoms with Crippen LogP contribution in [-0.2, 0) is 11.3 Å². The van der Waals surface area contributed by atoms with Crippen molar-refractivity contribution in [1.82, 2.24) is 10.6 Å². The molecule has 4 heteroatoms. The van der Waals surface area contributed by atoms with Gasteiger partial charge < -0.3 is 15.4 Å². The molecule has 1 amide bonds. The van der Waals surface area contributed by atoms with Gasteiger partial charge >= 0.3 is 6.09 Å². The smallest absolute Gasteiger partial charge is 0.407 e. The van der Waals surface area contributed by atoms with Crippen LogP contribution < -0.4 is 10.6 Å². The minimum Gasteiger partial charge on any atom is -0.445 e. The molecule has 1 aliphatic carbocycles. The summed E-state index contributed by atoms with van der Waals surface area (Å²) in [7, 11) is 0. The van der Waals surface area contributed by atoms with Crippen LogP contribution in [0.3, 0.4) is 0 Å². The van der Waals surface area contributed by atoms with Gasteiger partial charge in [0.05, 0.1) is 0 Å². The van der Waals surface area contributed by atoms with Gasteiger partial charge in [-0.3, -0.25) is 0 Å². The lowest BCUT2D eigenvalue weighted by molar-refractivity contribution is 0.132. The van der Waals surface area contributed by atoms with E-state index >= 15 is 0 Å². The van der Waals surface area contributed by atoms with Crippen molar-refractivity contribution in [1.29, 1.82) is 0 Å². The highest BCUT2D eigenvalue weighted by Gasteiger charge is 2.40. The second kappa shape index (κ2) is 4.98. The van der Waals surface area contributed by atoms with Crippen LogP contribution in [0.2, 0.25) is 0 Å². The summed E-state index contributed by atoms with van der Waals surface area (Å²) in [6, 6.07) is 10.6. The van der Waals surface area contributed by atoms with E-state index < -0.39 is 0 Å². The third-order valence-corrected chi connectivity index (χ3v) is 3.88. The first-order valence-electron chi connectivity index (χ1n) is 6.52. The highest BCUT2D eigenvalue weighted by Crippen LogP contribution is 2.31. The number of fused-ring (bicyclic) bond motifs is 2. The second-order valence-electron chi connectivity index (χ2n) is 5.15. The first-order chi connectivity index (χ1) is 8.81. The van der Waals surface area contributed by atoms with Crippen molar-refractivity contribution >= 4 is 6.09 Å². The van der Waals surface area contributed by atoms with Crippen LogP contribution >= 0.6 is 0 Å². The molecule has 96 valence electrons.